The van der Waals surface area contributed by atoms with Crippen LogP contribution >= 0.6 is 0 Å². The highest BCUT2D eigenvalue weighted by Crippen LogP contribution is 2.26. The third-order valence-corrected chi connectivity index (χ3v) is 4.76. The largest absolute Gasteiger partial charge is 0.457 e. The molecule has 1 aliphatic rings. The zero-order valence-electron chi connectivity index (χ0n) is 16.5. The molecule has 1 rings (SSSR count). The molecule has 1 aliphatic heterocycles. The standard InChI is InChI=1S/C21H32O5/c1-7-18-16(5)10-14(3)8-13(2)9-15(4)11-21(25,12-22)19(23)17(6)20(24)26-18/h9-10,13,17-18,22,25H,3,7-8,11-12H2,1-2,4-6H3/b15-9+,16-10+/t13-,17+,18+,21+/m0/s1. The summed E-state index contributed by atoms with van der Waals surface area (Å²) in [5.74, 6) is -2.42. The second-order valence-corrected chi connectivity index (χ2v) is 7.53. The maximum atomic E-state index is 12.7. The maximum Gasteiger partial charge on any atom is 0.316 e. The molecular formula is C21H32O5. The van der Waals surface area contributed by atoms with Gasteiger partial charge in [0.15, 0.2) is 11.4 Å². The number of aliphatic hydroxyl groups excluding tert-OH is 1. The molecular weight excluding hydrogens is 332 g/mol. The number of allylic oxidation sites excluding steroid dienone is 3. The number of rotatable bonds is 2. The Morgan fingerprint density at radius 3 is 2.46 bits per heavy atom. The summed E-state index contributed by atoms with van der Waals surface area (Å²) in [5, 5.41) is 20.3. The van der Waals surface area contributed by atoms with Crippen molar-refractivity contribution >= 4 is 11.8 Å². The molecule has 4 atom stereocenters. The second-order valence-electron chi connectivity index (χ2n) is 7.53. The van der Waals surface area contributed by atoms with Crippen LogP contribution in [0.25, 0.3) is 0 Å². The Morgan fingerprint density at radius 1 is 1.31 bits per heavy atom. The Bertz CT molecular complexity index is 616. The Kier molecular flexibility index (Phi) is 7.97. The number of aliphatic hydroxyl groups is 2. The normalized spacial score (nSPS) is 36.4. The third-order valence-electron chi connectivity index (χ3n) is 4.76. The van der Waals surface area contributed by atoms with Crippen LogP contribution in [-0.4, -0.2) is 40.3 Å². The van der Waals surface area contributed by atoms with Crippen molar-refractivity contribution in [2.75, 3.05) is 6.61 Å². The van der Waals surface area contributed by atoms with Crippen LogP contribution in [0, 0.1) is 11.8 Å². The van der Waals surface area contributed by atoms with E-state index < -0.39 is 36.0 Å². The molecule has 5 heteroatoms. The fourth-order valence-corrected chi connectivity index (χ4v) is 3.42. The van der Waals surface area contributed by atoms with Crippen LogP contribution in [0.3, 0.4) is 0 Å². The van der Waals surface area contributed by atoms with Crippen LogP contribution in [0.5, 0.6) is 0 Å². The van der Waals surface area contributed by atoms with Gasteiger partial charge in [0.1, 0.15) is 12.0 Å². The number of ether oxygens (including phenoxy) is 1. The van der Waals surface area contributed by atoms with Crippen molar-refractivity contribution in [1.82, 2.24) is 0 Å². The van der Waals surface area contributed by atoms with Crippen molar-refractivity contribution in [2.45, 2.75) is 65.6 Å². The first-order chi connectivity index (χ1) is 12.0. The van der Waals surface area contributed by atoms with E-state index in [0.29, 0.717) is 12.8 Å². The van der Waals surface area contributed by atoms with Gasteiger partial charge in [0.05, 0.1) is 6.61 Å². The molecule has 0 fully saturated rings. The number of hydrogen-bond donors (Lipinski definition) is 2. The number of hydrogen-bond acceptors (Lipinski definition) is 5. The third kappa shape index (κ3) is 5.64. The molecule has 0 aliphatic carbocycles. The molecule has 0 unspecified atom stereocenters. The molecule has 26 heavy (non-hydrogen) atoms. The Hall–Kier alpha value is -1.72. The van der Waals surface area contributed by atoms with Gasteiger partial charge in [0, 0.05) is 6.42 Å². The van der Waals surface area contributed by atoms with Gasteiger partial charge in [0.2, 0.25) is 0 Å². The van der Waals surface area contributed by atoms with Gasteiger partial charge >= 0.3 is 5.97 Å². The number of carbonyl (C=O) groups is 2. The smallest absolute Gasteiger partial charge is 0.316 e. The van der Waals surface area contributed by atoms with Gasteiger partial charge in [-0.3, -0.25) is 9.59 Å². The number of ketones is 1. The molecule has 1 heterocycles. The quantitative estimate of drug-likeness (QED) is 0.447. The van der Waals surface area contributed by atoms with Crippen molar-refractivity contribution in [1.29, 1.82) is 0 Å². The number of cyclic esters (lactones) is 1. The first-order valence-electron chi connectivity index (χ1n) is 9.15. The van der Waals surface area contributed by atoms with Gasteiger partial charge in [-0.2, -0.15) is 0 Å². The summed E-state index contributed by atoms with van der Waals surface area (Å²) in [4.78, 5) is 25.1. The zero-order chi connectivity index (χ0) is 20.1. The van der Waals surface area contributed by atoms with Gasteiger partial charge in [-0.1, -0.05) is 43.7 Å². The highest BCUT2D eigenvalue weighted by atomic mass is 16.5. The molecule has 0 aromatic heterocycles. The molecule has 0 aromatic carbocycles. The van der Waals surface area contributed by atoms with E-state index in [2.05, 4.69) is 6.58 Å². The molecule has 0 saturated carbocycles. The van der Waals surface area contributed by atoms with E-state index >= 15 is 0 Å². The molecule has 5 nitrogen and oxygen atoms in total. The minimum Gasteiger partial charge on any atom is -0.457 e. The molecule has 0 amide bonds. The maximum absolute atomic E-state index is 12.7. The number of Topliss-reactive ketones (excluding diaryl/α,β-unsaturated/α-hetero) is 1. The second kappa shape index (κ2) is 9.28. The van der Waals surface area contributed by atoms with E-state index in [1.54, 1.807) is 6.92 Å². The van der Waals surface area contributed by atoms with Gasteiger partial charge < -0.3 is 14.9 Å². The van der Waals surface area contributed by atoms with Crippen molar-refractivity contribution < 1.29 is 24.5 Å². The minimum absolute atomic E-state index is 0.0250. The molecule has 146 valence electrons. The van der Waals surface area contributed by atoms with Gasteiger partial charge in [0.25, 0.3) is 0 Å². The monoisotopic (exact) mass is 364 g/mol. The Labute approximate surface area is 156 Å². The Morgan fingerprint density at radius 2 is 1.92 bits per heavy atom. The molecule has 2 N–H and O–H groups in total. The van der Waals surface area contributed by atoms with Crippen LogP contribution in [-0.2, 0) is 14.3 Å². The zero-order valence-corrected chi connectivity index (χ0v) is 16.5. The molecule has 0 spiro atoms. The SMILES string of the molecule is C=C1/C=C(\C)[C@@H](CC)OC(=O)[C@H](C)C(=O)[C@](O)(CO)C/C(C)=C/[C@@H](C)C1. The first kappa shape index (κ1) is 22.3. The highest BCUT2D eigenvalue weighted by Gasteiger charge is 2.42. The summed E-state index contributed by atoms with van der Waals surface area (Å²) < 4.78 is 5.50. The van der Waals surface area contributed by atoms with Crippen LogP contribution in [0.1, 0.15) is 53.9 Å². The minimum atomic E-state index is -1.99. The number of esters is 1. The summed E-state index contributed by atoms with van der Waals surface area (Å²) in [6, 6.07) is 0. The van der Waals surface area contributed by atoms with E-state index in [1.165, 1.54) is 6.92 Å². The highest BCUT2D eigenvalue weighted by molar-refractivity contribution is 6.03. The summed E-state index contributed by atoms with van der Waals surface area (Å²) >= 11 is 0. The topological polar surface area (TPSA) is 83.8 Å². The van der Waals surface area contributed by atoms with Gasteiger partial charge in [-0.25, -0.2) is 0 Å². The lowest BCUT2D eigenvalue weighted by atomic mass is 9.84. The summed E-state index contributed by atoms with van der Waals surface area (Å²) in [7, 11) is 0. The van der Waals surface area contributed by atoms with Crippen LogP contribution in [0.4, 0.5) is 0 Å². The summed E-state index contributed by atoms with van der Waals surface area (Å²) in [6.45, 7) is 12.3. The van der Waals surface area contributed by atoms with E-state index in [1.807, 2.05) is 32.9 Å². The average molecular weight is 364 g/mol. The lowest BCUT2D eigenvalue weighted by molar-refractivity contribution is -0.161. The number of carbonyl (C=O) groups excluding carboxylic acids is 2. The van der Waals surface area contributed by atoms with Crippen molar-refractivity contribution in [2.24, 2.45) is 11.8 Å². The summed E-state index contributed by atoms with van der Waals surface area (Å²) in [5.41, 5.74) is 0.576. The Balaban J connectivity index is 3.32. The molecule has 0 aromatic rings. The van der Waals surface area contributed by atoms with Gasteiger partial charge in [-0.15, -0.1) is 0 Å². The molecule has 0 saturated heterocycles. The van der Waals surface area contributed by atoms with Crippen LogP contribution in [0.15, 0.2) is 35.5 Å². The van der Waals surface area contributed by atoms with Crippen LogP contribution < -0.4 is 0 Å². The first-order valence-corrected chi connectivity index (χ1v) is 9.15. The fourth-order valence-electron chi connectivity index (χ4n) is 3.42. The lowest BCUT2D eigenvalue weighted by Gasteiger charge is -2.28. The van der Waals surface area contributed by atoms with Gasteiger partial charge in [-0.05, 0) is 45.1 Å². The van der Waals surface area contributed by atoms with E-state index in [-0.39, 0.29) is 12.3 Å². The molecule has 0 bridgehead atoms. The predicted molar refractivity (Wildman–Crippen MR) is 101 cm³/mol. The van der Waals surface area contributed by atoms with Crippen molar-refractivity contribution in [3.05, 3.63) is 35.5 Å². The predicted octanol–water partition coefficient (Wildman–Crippen LogP) is 3.12. The van der Waals surface area contributed by atoms with Crippen molar-refractivity contribution in [3.63, 3.8) is 0 Å². The molecule has 0 radical (unpaired) electrons. The van der Waals surface area contributed by atoms with E-state index in [9.17, 15) is 19.8 Å². The fraction of sp³-hybridized carbons (Fsp3) is 0.619. The van der Waals surface area contributed by atoms with E-state index in [0.717, 1.165) is 16.7 Å². The van der Waals surface area contributed by atoms with Crippen LogP contribution in [0.2, 0.25) is 0 Å². The van der Waals surface area contributed by atoms with E-state index in [4.69, 9.17) is 4.74 Å². The lowest BCUT2D eigenvalue weighted by Crippen LogP contribution is -2.48. The summed E-state index contributed by atoms with van der Waals surface area (Å²) in [6.07, 6.45) is 4.70. The van der Waals surface area contributed by atoms with Crippen molar-refractivity contribution in [3.8, 4) is 0 Å². The average Bonchev–Trinajstić information content (AvgIpc) is 2.56.